The topological polar surface area (TPSA) is 123 Å². The van der Waals surface area contributed by atoms with Gasteiger partial charge in [-0.25, -0.2) is 14.8 Å². The second kappa shape index (κ2) is 11.7. The van der Waals surface area contributed by atoms with Gasteiger partial charge in [-0.15, -0.1) is 0 Å². The highest BCUT2D eigenvalue weighted by atomic mass is 16.5. The van der Waals surface area contributed by atoms with E-state index in [-0.39, 0.29) is 31.8 Å². The lowest BCUT2D eigenvalue weighted by molar-refractivity contribution is -0.194. The molecule has 2 atom stereocenters. The standard InChI is InChI=1S/C30H31N5O6/c1-32-19-26(37)34-25(16-20-8-12-23(36)13-9-20)28(38)33(18-22-10-14-24(41-2)15-11-22)29(39)27(34)35(32)30(40)31-17-21-6-4-3-5-7-21/h3-15,25,27,36H,16-19H2,1-2H3,(H,31,40)/t25-,27?/m0/s1. The summed E-state index contributed by atoms with van der Waals surface area (Å²) in [6.45, 7) is -0.0276. The number of imide groups is 1. The molecule has 0 radical (unpaired) electrons. The number of hydrogen-bond acceptors (Lipinski definition) is 7. The molecule has 5 amide bonds. The van der Waals surface area contributed by atoms with Gasteiger partial charge in [0.05, 0.1) is 20.2 Å². The van der Waals surface area contributed by atoms with Gasteiger partial charge in [0.1, 0.15) is 17.5 Å². The van der Waals surface area contributed by atoms with Gasteiger partial charge in [0.15, 0.2) is 0 Å². The van der Waals surface area contributed by atoms with E-state index in [0.717, 1.165) is 10.5 Å². The number of urea groups is 1. The van der Waals surface area contributed by atoms with E-state index in [4.69, 9.17) is 4.74 Å². The van der Waals surface area contributed by atoms with Gasteiger partial charge in [-0.05, 0) is 41.0 Å². The third-order valence-electron chi connectivity index (χ3n) is 7.25. The largest absolute Gasteiger partial charge is 0.508 e. The number of aromatic hydroxyl groups is 1. The van der Waals surface area contributed by atoms with E-state index in [1.807, 2.05) is 30.3 Å². The van der Waals surface area contributed by atoms with E-state index in [2.05, 4.69) is 5.32 Å². The number of fused-ring (bicyclic) bond motifs is 1. The highest BCUT2D eigenvalue weighted by molar-refractivity contribution is 6.07. The van der Waals surface area contributed by atoms with E-state index >= 15 is 0 Å². The molecule has 0 bridgehead atoms. The molecule has 3 aromatic carbocycles. The van der Waals surface area contributed by atoms with Gasteiger partial charge in [-0.1, -0.05) is 54.6 Å². The number of carbonyl (C=O) groups excluding carboxylic acids is 4. The molecule has 1 unspecified atom stereocenters. The highest BCUT2D eigenvalue weighted by Crippen LogP contribution is 2.30. The number of piperazine rings is 1. The number of carbonyl (C=O) groups is 4. The van der Waals surface area contributed by atoms with Crippen LogP contribution in [-0.2, 0) is 33.9 Å². The van der Waals surface area contributed by atoms with Crippen LogP contribution in [0.4, 0.5) is 4.79 Å². The van der Waals surface area contributed by atoms with Crippen LogP contribution in [0, 0.1) is 0 Å². The van der Waals surface area contributed by atoms with Crippen molar-refractivity contribution in [2.75, 3.05) is 20.7 Å². The second-order valence-corrected chi connectivity index (χ2v) is 9.98. The van der Waals surface area contributed by atoms with Crippen molar-refractivity contribution in [3.8, 4) is 11.5 Å². The first kappa shape index (κ1) is 27.7. The first-order valence-electron chi connectivity index (χ1n) is 13.2. The Morgan fingerprint density at radius 2 is 1.56 bits per heavy atom. The quantitative estimate of drug-likeness (QED) is 0.427. The monoisotopic (exact) mass is 557 g/mol. The van der Waals surface area contributed by atoms with Crippen molar-refractivity contribution in [1.82, 2.24) is 25.1 Å². The molecular formula is C30H31N5O6. The van der Waals surface area contributed by atoms with Crippen LogP contribution >= 0.6 is 0 Å². The zero-order chi connectivity index (χ0) is 29.1. The van der Waals surface area contributed by atoms with Crippen molar-refractivity contribution in [1.29, 1.82) is 0 Å². The minimum atomic E-state index is -1.37. The molecule has 11 nitrogen and oxygen atoms in total. The molecule has 0 saturated carbocycles. The van der Waals surface area contributed by atoms with E-state index in [0.29, 0.717) is 16.9 Å². The summed E-state index contributed by atoms with van der Waals surface area (Å²) in [4.78, 5) is 57.2. The third kappa shape index (κ3) is 5.71. The number of hydrogen-bond donors (Lipinski definition) is 2. The number of methoxy groups -OCH3 is 1. The number of likely N-dealkylation sites (N-methyl/N-ethyl adjacent to an activating group) is 1. The molecule has 2 saturated heterocycles. The summed E-state index contributed by atoms with van der Waals surface area (Å²) in [5.74, 6) is -0.976. The number of rotatable bonds is 7. The van der Waals surface area contributed by atoms with Gasteiger partial charge >= 0.3 is 6.03 Å². The number of benzene rings is 3. The zero-order valence-corrected chi connectivity index (χ0v) is 22.8. The van der Waals surface area contributed by atoms with Crippen LogP contribution < -0.4 is 10.1 Å². The van der Waals surface area contributed by atoms with Crippen molar-refractivity contribution in [3.63, 3.8) is 0 Å². The van der Waals surface area contributed by atoms with Crippen LogP contribution in [0.5, 0.6) is 11.5 Å². The lowest BCUT2D eigenvalue weighted by atomic mass is 9.98. The second-order valence-electron chi connectivity index (χ2n) is 9.98. The molecule has 2 aliphatic rings. The van der Waals surface area contributed by atoms with Crippen LogP contribution in [-0.4, -0.2) is 81.6 Å². The fraction of sp³-hybridized carbons (Fsp3) is 0.267. The number of nitrogens with zero attached hydrogens (tertiary/aromatic N) is 4. The Balaban J connectivity index is 1.49. The van der Waals surface area contributed by atoms with Crippen LogP contribution in [0.1, 0.15) is 16.7 Å². The molecule has 2 aliphatic heterocycles. The van der Waals surface area contributed by atoms with Gasteiger partial charge in [-0.3, -0.25) is 24.2 Å². The Hall–Kier alpha value is -4.90. The summed E-state index contributed by atoms with van der Waals surface area (Å²) in [5, 5.41) is 15.2. The molecule has 2 N–H and O–H groups in total. The summed E-state index contributed by atoms with van der Waals surface area (Å²) in [6.07, 6.45) is -1.27. The van der Waals surface area contributed by atoms with Crippen LogP contribution in [0.25, 0.3) is 0 Å². The lowest BCUT2D eigenvalue weighted by Gasteiger charge is -2.53. The maximum absolute atomic E-state index is 14.0. The summed E-state index contributed by atoms with van der Waals surface area (Å²) in [6, 6.07) is 21.0. The number of ether oxygens (including phenoxy) is 1. The molecule has 41 heavy (non-hydrogen) atoms. The smallest absolute Gasteiger partial charge is 0.334 e. The Kier molecular flexibility index (Phi) is 7.88. The first-order valence-corrected chi connectivity index (χ1v) is 13.2. The number of phenolic OH excluding ortho intramolecular Hbond substituents is 1. The lowest BCUT2D eigenvalue weighted by Crippen LogP contribution is -2.77. The van der Waals surface area contributed by atoms with Crippen LogP contribution in [0.15, 0.2) is 78.9 Å². The fourth-order valence-corrected chi connectivity index (χ4v) is 5.14. The fourth-order valence-electron chi connectivity index (χ4n) is 5.14. The Morgan fingerprint density at radius 1 is 0.902 bits per heavy atom. The average Bonchev–Trinajstić information content (AvgIpc) is 2.98. The summed E-state index contributed by atoms with van der Waals surface area (Å²) >= 11 is 0. The van der Waals surface area contributed by atoms with Crippen molar-refractivity contribution in [3.05, 3.63) is 95.6 Å². The van der Waals surface area contributed by atoms with Gasteiger partial charge in [-0.2, -0.15) is 0 Å². The number of amides is 5. The third-order valence-corrected chi connectivity index (χ3v) is 7.25. The van der Waals surface area contributed by atoms with E-state index in [1.54, 1.807) is 50.6 Å². The van der Waals surface area contributed by atoms with Crippen molar-refractivity contribution in [2.45, 2.75) is 31.7 Å². The Labute approximate surface area is 237 Å². The molecule has 2 fully saturated rings. The van der Waals surface area contributed by atoms with Gasteiger partial charge in [0, 0.05) is 20.0 Å². The highest BCUT2D eigenvalue weighted by Gasteiger charge is 2.55. The minimum Gasteiger partial charge on any atom is -0.508 e. The molecule has 2 heterocycles. The summed E-state index contributed by atoms with van der Waals surface area (Å²) < 4.78 is 5.22. The van der Waals surface area contributed by atoms with Gasteiger partial charge in [0.2, 0.25) is 12.1 Å². The maximum atomic E-state index is 14.0. The maximum Gasteiger partial charge on any atom is 0.334 e. The first-order chi connectivity index (χ1) is 19.8. The molecule has 3 aromatic rings. The molecule has 0 aromatic heterocycles. The predicted molar refractivity (Wildman–Crippen MR) is 148 cm³/mol. The van der Waals surface area contributed by atoms with Crippen LogP contribution in [0.3, 0.4) is 0 Å². The number of nitrogens with one attached hydrogen (secondary N) is 1. The average molecular weight is 558 g/mol. The van der Waals surface area contributed by atoms with Crippen molar-refractivity contribution >= 4 is 23.8 Å². The number of phenols is 1. The van der Waals surface area contributed by atoms with Crippen molar-refractivity contribution in [2.24, 2.45) is 0 Å². The number of hydrazine groups is 1. The normalized spacial score (nSPS) is 19.3. The predicted octanol–water partition coefficient (Wildman–Crippen LogP) is 2.11. The van der Waals surface area contributed by atoms with Crippen LogP contribution in [0.2, 0.25) is 0 Å². The molecular weight excluding hydrogens is 526 g/mol. The summed E-state index contributed by atoms with van der Waals surface area (Å²) in [5.41, 5.74) is 2.23. The molecule has 0 spiro atoms. The minimum absolute atomic E-state index is 0.0462. The van der Waals surface area contributed by atoms with E-state index in [9.17, 15) is 24.3 Å². The molecule has 212 valence electrons. The SMILES string of the molecule is COc1ccc(CN2C(=O)C3N(C(=O)CN(C)N3C(=O)NCc3ccccc3)[C@@H](Cc3ccc(O)cc3)C2=O)cc1. The Bertz CT molecular complexity index is 1430. The van der Waals surface area contributed by atoms with Crippen molar-refractivity contribution < 1.29 is 29.0 Å². The van der Waals surface area contributed by atoms with Gasteiger partial charge < -0.3 is 15.2 Å². The van der Waals surface area contributed by atoms with Gasteiger partial charge in [0.25, 0.3) is 11.8 Å². The van der Waals surface area contributed by atoms with E-state index < -0.39 is 36.0 Å². The van der Waals surface area contributed by atoms with E-state index in [1.165, 1.54) is 27.1 Å². The zero-order valence-electron chi connectivity index (χ0n) is 22.8. The molecule has 11 heteroatoms. The molecule has 5 rings (SSSR count). The molecule has 0 aliphatic carbocycles. The Morgan fingerprint density at radius 3 is 2.22 bits per heavy atom. The summed E-state index contributed by atoms with van der Waals surface area (Å²) in [7, 11) is 3.10.